The molecule has 6 heteroatoms. The smallest absolute Gasteiger partial charge is 0.191 e. The van der Waals surface area contributed by atoms with Crippen molar-refractivity contribution < 1.29 is 16.8 Å². The minimum atomic E-state index is -3.72. The SMILES string of the molecule is C=C(S(C)(=O)=O)S(=O)(=O)C(C)C. The molecule has 0 aromatic heterocycles. The molecule has 0 atom stereocenters. The van der Waals surface area contributed by atoms with E-state index in [-0.39, 0.29) is 0 Å². The van der Waals surface area contributed by atoms with Crippen LogP contribution in [0.4, 0.5) is 0 Å². The van der Waals surface area contributed by atoms with Crippen LogP contribution in [0.25, 0.3) is 0 Å². The molecule has 0 bridgehead atoms. The van der Waals surface area contributed by atoms with Gasteiger partial charge >= 0.3 is 0 Å². The summed E-state index contributed by atoms with van der Waals surface area (Å²) < 4.78 is 43.3. The lowest BCUT2D eigenvalue weighted by Crippen LogP contribution is -2.20. The quantitative estimate of drug-likeness (QED) is 0.676. The molecule has 0 aliphatic heterocycles. The molecule has 0 N–H and O–H groups in total. The van der Waals surface area contributed by atoms with Crippen molar-refractivity contribution in [2.24, 2.45) is 0 Å². The van der Waals surface area contributed by atoms with Gasteiger partial charge < -0.3 is 0 Å². The van der Waals surface area contributed by atoms with Crippen LogP contribution in [0.3, 0.4) is 0 Å². The molecule has 0 fully saturated rings. The lowest BCUT2D eigenvalue weighted by atomic mass is 10.6. The number of sulfone groups is 2. The van der Waals surface area contributed by atoms with Crippen molar-refractivity contribution in [2.75, 3.05) is 6.26 Å². The van der Waals surface area contributed by atoms with Crippen molar-refractivity contribution in [1.29, 1.82) is 0 Å². The average molecular weight is 212 g/mol. The molecule has 0 aliphatic rings. The number of hydrogen-bond acceptors (Lipinski definition) is 4. The first kappa shape index (κ1) is 11.6. The summed E-state index contributed by atoms with van der Waals surface area (Å²) in [5, 5.41) is -0.750. The summed E-state index contributed by atoms with van der Waals surface area (Å²) in [6, 6.07) is 0. The zero-order valence-corrected chi connectivity index (χ0v) is 8.87. The van der Waals surface area contributed by atoms with Crippen LogP contribution < -0.4 is 0 Å². The summed E-state index contributed by atoms with van der Waals surface area (Å²) in [6.07, 6.45) is 0.829. The van der Waals surface area contributed by atoms with Crippen LogP contribution in [0, 0.1) is 0 Å². The zero-order valence-electron chi connectivity index (χ0n) is 7.23. The van der Waals surface area contributed by atoms with Crippen molar-refractivity contribution in [2.45, 2.75) is 19.1 Å². The van der Waals surface area contributed by atoms with Crippen LogP contribution >= 0.6 is 0 Å². The molecule has 12 heavy (non-hydrogen) atoms. The van der Waals surface area contributed by atoms with Gasteiger partial charge in [-0.05, 0) is 13.8 Å². The van der Waals surface area contributed by atoms with Crippen molar-refractivity contribution in [3.8, 4) is 0 Å². The molecule has 0 aliphatic carbocycles. The molecule has 0 aromatic rings. The van der Waals surface area contributed by atoms with Crippen molar-refractivity contribution in [1.82, 2.24) is 0 Å². The molecule has 0 amide bonds. The molecule has 0 unspecified atom stereocenters. The molecule has 72 valence electrons. The first-order chi connectivity index (χ1) is 5.10. The Balaban J connectivity index is 5.28. The molecule has 0 saturated heterocycles. The predicted octanol–water partition coefficient (Wildman–Crippen LogP) is 0.325. The van der Waals surface area contributed by atoms with Gasteiger partial charge in [0.2, 0.25) is 0 Å². The van der Waals surface area contributed by atoms with E-state index in [0.29, 0.717) is 0 Å². The van der Waals surface area contributed by atoms with E-state index in [9.17, 15) is 16.8 Å². The Morgan fingerprint density at radius 2 is 1.50 bits per heavy atom. The molecule has 0 heterocycles. The summed E-state index contributed by atoms with van der Waals surface area (Å²) >= 11 is 0. The van der Waals surface area contributed by atoms with Gasteiger partial charge in [0.25, 0.3) is 0 Å². The second-order valence-corrected chi connectivity index (χ2v) is 7.56. The van der Waals surface area contributed by atoms with E-state index in [1.54, 1.807) is 0 Å². The van der Waals surface area contributed by atoms with Crippen molar-refractivity contribution in [3.05, 3.63) is 10.8 Å². The van der Waals surface area contributed by atoms with Crippen molar-refractivity contribution in [3.63, 3.8) is 0 Å². The van der Waals surface area contributed by atoms with E-state index in [2.05, 4.69) is 6.58 Å². The minimum absolute atomic E-state index is 0.704. The predicted molar refractivity (Wildman–Crippen MR) is 48.0 cm³/mol. The number of hydrogen-bond donors (Lipinski definition) is 0. The highest BCUT2D eigenvalue weighted by Crippen LogP contribution is 2.15. The molecule has 0 spiro atoms. The van der Waals surface area contributed by atoms with E-state index in [1.165, 1.54) is 13.8 Å². The van der Waals surface area contributed by atoms with Crippen LogP contribution in [0.2, 0.25) is 0 Å². The highest BCUT2D eigenvalue weighted by Gasteiger charge is 2.27. The van der Waals surface area contributed by atoms with Gasteiger partial charge in [-0.25, -0.2) is 16.8 Å². The van der Waals surface area contributed by atoms with Crippen LogP contribution in [0.5, 0.6) is 0 Å². The Morgan fingerprint density at radius 1 is 1.17 bits per heavy atom. The van der Waals surface area contributed by atoms with Gasteiger partial charge in [-0.3, -0.25) is 0 Å². The van der Waals surface area contributed by atoms with E-state index in [1.807, 2.05) is 0 Å². The topological polar surface area (TPSA) is 68.3 Å². The summed E-state index contributed by atoms with van der Waals surface area (Å²) in [5.74, 6) is 0. The monoisotopic (exact) mass is 212 g/mol. The summed E-state index contributed by atoms with van der Waals surface area (Å²) in [7, 11) is -7.40. The third-order valence-corrected chi connectivity index (χ3v) is 5.66. The van der Waals surface area contributed by atoms with Gasteiger partial charge in [-0.2, -0.15) is 0 Å². The molecule has 0 rings (SSSR count). The summed E-state index contributed by atoms with van der Waals surface area (Å²) in [4.78, 5) is 0. The normalized spacial score (nSPS) is 13.3. The second kappa shape index (κ2) is 3.18. The first-order valence-electron chi connectivity index (χ1n) is 3.23. The standard InChI is InChI=1S/C6H12O4S2/c1-5(2)12(9,10)6(3)11(4,7)8/h5H,3H2,1-2,4H3. The fourth-order valence-corrected chi connectivity index (χ4v) is 3.26. The molecular formula is C6H12O4S2. The Hall–Kier alpha value is -0.360. The molecule has 4 nitrogen and oxygen atoms in total. The lowest BCUT2D eigenvalue weighted by Gasteiger charge is -2.07. The maximum atomic E-state index is 11.2. The summed E-state index contributed by atoms with van der Waals surface area (Å²) in [6.45, 7) is 5.86. The van der Waals surface area contributed by atoms with Gasteiger partial charge in [0, 0.05) is 6.26 Å². The Labute approximate surface area is 73.1 Å². The average Bonchev–Trinajstić information content (AvgIpc) is 1.83. The Morgan fingerprint density at radius 3 is 1.58 bits per heavy atom. The fraction of sp³-hybridized carbons (Fsp3) is 0.667. The maximum absolute atomic E-state index is 11.2. The lowest BCUT2D eigenvalue weighted by molar-refractivity contribution is 0.591. The van der Waals surface area contributed by atoms with Gasteiger partial charge in [0.15, 0.2) is 23.9 Å². The van der Waals surface area contributed by atoms with Gasteiger partial charge in [-0.15, -0.1) is 0 Å². The molecule has 0 saturated carbocycles. The number of rotatable bonds is 3. The molecule has 0 radical (unpaired) electrons. The molecule has 0 aromatic carbocycles. The van der Waals surface area contributed by atoms with Gasteiger partial charge in [-0.1, -0.05) is 6.58 Å². The third kappa shape index (κ3) is 2.31. The highest BCUT2D eigenvalue weighted by atomic mass is 32.3. The van der Waals surface area contributed by atoms with E-state index < -0.39 is 29.2 Å². The largest absolute Gasteiger partial charge is 0.223 e. The highest BCUT2D eigenvalue weighted by molar-refractivity contribution is 8.14. The van der Waals surface area contributed by atoms with Crippen LogP contribution in [-0.4, -0.2) is 28.3 Å². The Bertz CT molecular complexity index is 372. The zero-order chi connectivity index (χ0) is 10.2. The van der Waals surface area contributed by atoms with Crippen LogP contribution in [0.15, 0.2) is 10.8 Å². The fourth-order valence-electron chi connectivity index (χ4n) is 0.474. The van der Waals surface area contributed by atoms with E-state index >= 15 is 0 Å². The van der Waals surface area contributed by atoms with Gasteiger partial charge in [0.05, 0.1) is 5.25 Å². The van der Waals surface area contributed by atoms with Crippen molar-refractivity contribution >= 4 is 19.7 Å². The Kier molecular flexibility index (Phi) is 3.08. The third-order valence-electron chi connectivity index (χ3n) is 1.35. The van der Waals surface area contributed by atoms with E-state index in [4.69, 9.17) is 0 Å². The van der Waals surface area contributed by atoms with Crippen LogP contribution in [-0.2, 0) is 19.7 Å². The first-order valence-corrected chi connectivity index (χ1v) is 6.66. The maximum Gasteiger partial charge on any atom is 0.191 e. The second-order valence-electron chi connectivity index (χ2n) is 2.74. The molecular weight excluding hydrogens is 200 g/mol. The minimum Gasteiger partial charge on any atom is -0.223 e. The van der Waals surface area contributed by atoms with Gasteiger partial charge in [0.1, 0.15) is 0 Å². The van der Waals surface area contributed by atoms with Crippen LogP contribution in [0.1, 0.15) is 13.8 Å². The van der Waals surface area contributed by atoms with E-state index in [0.717, 1.165) is 6.26 Å². The summed E-state index contributed by atoms with van der Waals surface area (Å²) in [5.41, 5.74) is 0.